The molecule has 2 nitrogen and oxygen atoms in total. The number of thiophene rings is 1. The Hall–Kier alpha value is -0.0900. The van der Waals surface area contributed by atoms with Gasteiger partial charge in [0.15, 0.2) is 0 Å². The first-order valence-corrected chi connectivity index (χ1v) is 8.15. The zero-order chi connectivity index (χ0) is 12.5. The number of nitrogens with two attached hydrogens (primary N) is 1. The average molecular weight is 285 g/mol. The topological polar surface area (TPSA) is 29.3 Å². The summed E-state index contributed by atoms with van der Waals surface area (Å²) in [5.41, 5.74) is 7.59. The molecule has 4 heteroatoms. The Morgan fingerprint density at radius 1 is 1.33 bits per heavy atom. The lowest BCUT2D eigenvalue weighted by atomic mass is 9.90. The fourth-order valence-corrected chi connectivity index (χ4v) is 4.02. The van der Waals surface area contributed by atoms with E-state index in [9.17, 15) is 0 Å². The molecule has 18 heavy (non-hydrogen) atoms. The van der Waals surface area contributed by atoms with Crippen molar-refractivity contribution in [1.29, 1.82) is 0 Å². The summed E-state index contributed by atoms with van der Waals surface area (Å²) in [6.07, 6.45) is 5.15. The van der Waals surface area contributed by atoms with Crippen LogP contribution in [0.3, 0.4) is 0 Å². The van der Waals surface area contributed by atoms with Crippen molar-refractivity contribution in [2.75, 3.05) is 19.6 Å². The highest BCUT2D eigenvalue weighted by atomic mass is 35.5. The molecule has 1 aliphatic heterocycles. The zero-order valence-electron chi connectivity index (χ0n) is 10.6. The van der Waals surface area contributed by atoms with Crippen molar-refractivity contribution in [2.24, 2.45) is 17.6 Å². The molecule has 1 saturated heterocycles. The Kier molecular flexibility index (Phi) is 3.94. The highest BCUT2D eigenvalue weighted by molar-refractivity contribution is 7.14. The van der Waals surface area contributed by atoms with Crippen LogP contribution in [0.15, 0.2) is 11.4 Å². The van der Waals surface area contributed by atoms with E-state index in [1.54, 1.807) is 11.3 Å². The van der Waals surface area contributed by atoms with Crippen molar-refractivity contribution in [3.8, 4) is 0 Å². The summed E-state index contributed by atoms with van der Waals surface area (Å²) >= 11 is 7.63. The summed E-state index contributed by atoms with van der Waals surface area (Å²) in [5, 5.41) is 2.19. The van der Waals surface area contributed by atoms with E-state index in [4.69, 9.17) is 17.3 Å². The molecule has 0 amide bonds. The molecule has 2 heterocycles. The molecule has 0 bridgehead atoms. The molecule has 0 radical (unpaired) electrons. The lowest BCUT2D eigenvalue weighted by Gasteiger charge is -2.36. The molecule has 1 aromatic heterocycles. The molecule has 2 aliphatic rings. The predicted molar refractivity (Wildman–Crippen MR) is 78.3 cm³/mol. The lowest BCUT2D eigenvalue weighted by Crippen LogP contribution is -2.48. The van der Waals surface area contributed by atoms with Gasteiger partial charge in [0.2, 0.25) is 0 Å². The molecule has 2 N–H and O–H groups in total. The molecule has 2 fully saturated rings. The van der Waals surface area contributed by atoms with Crippen LogP contribution in [-0.2, 0) is 6.42 Å². The molecular formula is C14H21ClN2S. The first-order valence-electron chi connectivity index (χ1n) is 6.90. The van der Waals surface area contributed by atoms with Crippen molar-refractivity contribution in [2.45, 2.75) is 31.7 Å². The highest BCUT2D eigenvalue weighted by Crippen LogP contribution is 2.32. The molecule has 100 valence electrons. The summed E-state index contributed by atoms with van der Waals surface area (Å²) in [5.74, 6) is 1.67. The Morgan fingerprint density at radius 2 is 2.17 bits per heavy atom. The molecule has 3 rings (SSSR count). The number of hydrogen-bond donors (Lipinski definition) is 1. The molecule has 1 aliphatic carbocycles. The first kappa shape index (κ1) is 12.9. The fourth-order valence-electron chi connectivity index (χ4n) is 3.10. The summed E-state index contributed by atoms with van der Waals surface area (Å²) in [6, 6.07) is 2.47. The van der Waals surface area contributed by atoms with E-state index in [0.29, 0.717) is 12.0 Å². The molecular weight excluding hydrogens is 264 g/mol. The monoisotopic (exact) mass is 284 g/mol. The number of nitrogens with zero attached hydrogens (tertiary/aromatic N) is 1. The van der Waals surface area contributed by atoms with Gasteiger partial charge in [-0.2, -0.15) is 0 Å². The van der Waals surface area contributed by atoms with E-state index in [-0.39, 0.29) is 0 Å². The normalized spacial score (nSPS) is 29.7. The van der Waals surface area contributed by atoms with Gasteiger partial charge < -0.3 is 10.6 Å². The van der Waals surface area contributed by atoms with E-state index < -0.39 is 0 Å². The van der Waals surface area contributed by atoms with Gasteiger partial charge in [0, 0.05) is 25.7 Å². The van der Waals surface area contributed by atoms with Crippen LogP contribution < -0.4 is 5.73 Å². The van der Waals surface area contributed by atoms with Gasteiger partial charge in [0.05, 0.1) is 4.34 Å². The second-order valence-electron chi connectivity index (χ2n) is 5.99. The Labute approximate surface area is 118 Å². The number of piperidine rings is 1. The first-order chi connectivity index (χ1) is 8.69. The third-order valence-corrected chi connectivity index (χ3v) is 5.14. The largest absolute Gasteiger partial charge is 0.327 e. The number of rotatable bonds is 4. The van der Waals surface area contributed by atoms with Crippen molar-refractivity contribution in [1.82, 2.24) is 4.90 Å². The van der Waals surface area contributed by atoms with Crippen LogP contribution in [0.5, 0.6) is 0 Å². The molecule has 2 unspecified atom stereocenters. The van der Waals surface area contributed by atoms with Crippen LogP contribution in [0.25, 0.3) is 0 Å². The van der Waals surface area contributed by atoms with Crippen LogP contribution in [0.4, 0.5) is 0 Å². The van der Waals surface area contributed by atoms with Gasteiger partial charge in [-0.05, 0) is 54.5 Å². The Balaban J connectivity index is 1.57. The molecule has 0 spiro atoms. The van der Waals surface area contributed by atoms with E-state index in [2.05, 4.69) is 16.3 Å². The van der Waals surface area contributed by atoms with Gasteiger partial charge in [-0.1, -0.05) is 11.6 Å². The van der Waals surface area contributed by atoms with Crippen LogP contribution in [0.2, 0.25) is 4.34 Å². The van der Waals surface area contributed by atoms with Crippen molar-refractivity contribution in [3.05, 3.63) is 21.3 Å². The minimum absolute atomic E-state index is 0.358. The predicted octanol–water partition coefficient (Wildman–Crippen LogP) is 3.00. The van der Waals surface area contributed by atoms with Crippen molar-refractivity contribution < 1.29 is 0 Å². The Morgan fingerprint density at radius 3 is 2.83 bits per heavy atom. The summed E-state index contributed by atoms with van der Waals surface area (Å²) in [7, 11) is 0. The van der Waals surface area contributed by atoms with Crippen LogP contribution in [0.1, 0.15) is 24.8 Å². The maximum absolute atomic E-state index is 6.21. The van der Waals surface area contributed by atoms with E-state index in [1.807, 2.05) is 0 Å². The standard InChI is InChI=1S/C14H21ClN2S/c15-14-5-12(9-18-14)3-11-4-13(16)8-17(7-11)6-10-1-2-10/h5,9-11,13H,1-4,6-8,16H2. The van der Waals surface area contributed by atoms with Crippen molar-refractivity contribution in [3.63, 3.8) is 0 Å². The second kappa shape index (κ2) is 5.49. The SMILES string of the molecule is NC1CC(Cc2csc(Cl)c2)CN(CC2CC2)C1. The number of halogens is 1. The number of hydrogen-bond acceptors (Lipinski definition) is 3. The molecule has 2 atom stereocenters. The quantitative estimate of drug-likeness (QED) is 0.921. The minimum Gasteiger partial charge on any atom is -0.327 e. The smallest absolute Gasteiger partial charge is 0.0931 e. The maximum Gasteiger partial charge on any atom is 0.0931 e. The minimum atomic E-state index is 0.358. The highest BCUT2D eigenvalue weighted by Gasteiger charge is 2.30. The second-order valence-corrected chi connectivity index (χ2v) is 7.53. The number of likely N-dealkylation sites (tertiary alicyclic amines) is 1. The Bertz CT molecular complexity index is 400. The van der Waals surface area contributed by atoms with Gasteiger partial charge in [-0.3, -0.25) is 0 Å². The molecule has 1 aromatic rings. The molecule has 0 aromatic carbocycles. The van der Waals surface area contributed by atoms with Crippen LogP contribution in [0, 0.1) is 11.8 Å². The van der Waals surface area contributed by atoms with Crippen molar-refractivity contribution >= 4 is 22.9 Å². The van der Waals surface area contributed by atoms with Gasteiger partial charge in [0.25, 0.3) is 0 Å². The van der Waals surface area contributed by atoms with Gasteiger partial charge in [-0.25, -0.2) is 0 Å². The van der Waals surface area contributed by atoms with Crippen LogP contribution >= 0.6 is 22.9 Å². The zero-order valence-corrected chi connectivity index (χ0v) is 12.2. The van der Waals surface area contributed by atoms with Gasteiger partial charge >= 0.3 is 0 Å². The van der Waals surface area contributed by atoms with Crippen LogP contribution in [-0.4, -0.2) is 30.6 Å². The van der Waals surface area contributed by atoms with E-state index in [1.165, 1.54) is 31.5 Å². The van der Waals surface area contributed by atoms with E-state index >= 15 is 0 Å². The summed E-state index contributed by atoms with van der Waals surface area (Å²) in [6.45, 7) is 3.59. The van der Waals surface area contributed by atoms with Gasteiger partial charge in [-0.15, -0.1) is 11.3 Å². The molecule has 1 saturated carbocycles. The lowest BCUT2D eigenvalue weighted by molar-refractivity contribution is 0.150. The van der Waals surface area contributed by atoms with E-state index in [0.717, 1.165) is 29.6 Å². The van der Waals surface area contributed by atoms with Gasteiger partial charge in [0.1, 0.15) is 0 Å². The average Bonchev–Trinajstić information content (AvgIpc) is 3.01. The fraction of sp³-hybridized carbons (Fsp3) is 0.714. The third kappa shape index (κ3) is 3.47. The summed E-state index contributed by atoms with van der Waals surface area (Å²) in [4.78, 5) is 2.59. The summed E-state index contributed by atoms with van der Waals surface area (Å²) < 4.78 is 0.903. The third-order valence-electron chi connectivity index (χ3n) is 4.00. The maximum atomic E-state index is 6.21.